The van der Waals surface area contributed by atoms with Gasteiger partial charge < -0.3 is 15.4 Å². The van der Waals surface area contributed by atoms with Gasteiger partial charge in [0.2, 0.25) is 5.91 Å². The number of nitrogens with two attached hydrogens (primary N) is 1. The summed E-state index contributed by atoms with van der Waals surface area (Å²) in [5, 5.41) is 0. The monoisotopic (exact) mass is 549 g/mol. The Bertz CT molecular complexity index is 1390. The molecule has 36 heavy (non-hydrogen) atoms. The van der Waals surface area contributed by atoms with Gasteiger partial charge in [-0.25, -0.2) is 4.79 Å². The molecule has 2 heterocycles. The van der Waals surface area contributed by atoms with Gasteiger partial charge in [-0.2, -0.15) is 0 Å². The zero-order valence-corrected chi connectivity index (χ0v) is 22.3. The van der Waals surface area contributed by atoms with Gasteiger partial charge in [-0.15, -0.1) is 0 Å². The maximum Gasteiger partial charge on any atom is 0.339 e. The molecule has 186 valence electrons. The molecule has 2 aliphatic heterocycles. The molecule has 1 unspecified atom stereocenters. The molecule has 2 aromatic carbocycles. The van der Waals surface area contributed by atoms with Crippen molar-refractivity contribution in [3.63, 3.8) is 0 Å². The van der Waals surface area contributed by atoms with E-state index in [9.17, 15) is 14.4 Å². The molecule has 1 atom stereocenters. The Hall–Kier alpha value is -3.39. The quantitative estimate of drug-likeness (QED) is 0.564. The number of ketones is 1. The molecule has 0 aromatic heterocycles. The van der Waals surface area contributed by atoms with Gasteiger partial charge in [0.05, 0.1) is 6.61 Å². The number of hydrogen-bond acceptors (Lipinski definition) is 6. The summed E-state index contributed by atoms with van der Waals surface area (Å²) < 4.78 is 6.30. The van der Waals surface area contributed by atoms with Crippen molar-refractivity contribution < 1.29 is 19.1 Å². The van der Waals surface area contributed by atoms with Crippen molar-refractivity contribution in [2.24, 2.45) is 11.1 Å². The largest absolute Gasteiger partial charge is 0.462 e. The second kappa shape index (κ2) is 8.34. The Morgan fingerprint density at radius 3 is 2.53 bits per heavy atom. The molecule has 2 N–H and O–H groups in total. The van der Waals surface area contributed by atoms with E-state index in [2.05, 4.69) is 15.9 Å². The summed E-state index contributed by atoms with van der Waals surface area (Å²) in [7, 11) is 1.66. The number of anilines is 2. The van der Waals surface area contributed by atoms with Crippen LogP contribution in [0.25, 0.3) is 0 Å². The lowest BCUT2D eigenvalue weighted by molar-refractivity contribution is -0.140. The minimum absolute atomic E-state index is 0.0158. The van der Waals surface area contributed by atoms with E-state index >= 15 is 0 Å². The van der Waals surface area contributed by atoms with Crippen LogP contribution in [0.4, 0.5) is 11.4 Å². The summed E-state index contributed by atoms with van der Waals surface area (Å²) in [6.45, 7) is 5.85. The van der Waals surface area contributed by atoms with Gasteiger partial charge in [-0.05, 0) is 43.0 Å². The fraction of sp³-hybridized carbons (Fsp3) is 0.321. The number of carbonyl (C=O) groups is 3. The third-order valence-electron chi connectivity index (χ3n) is 7.21. The van der Waals surface area contributed by atoms with Crippen molar-refractivity contribution >= 4 is 45.0 Å². The lowest BCUT2D eigenvalue weighted by Gasteiger charge is -2.47. The summed E-state index contributed by atoms with van der Waals surface area (Å²) in [6.07, 6.45) is 0.743. The number of ether oxygens (including phenoxy) is 1. The van der Waals surface area contributed by atoms with Crippen LogP contribution in [0.15, 0.2) is 75.7 Å². The summed E-state index contributed by atoms with van der Waals surface area (Å²) in [5.41, 5.74) is 7.65. The number of nitrogens with zero attached hydrogens (tertiary/aromatic N) is 2. The highest BCUT2D eigenvalue weighted by molar-refractivity contribution is 9.10. The van der Waals surface area contributed by atoms with Crippen molar-refractivity contribution in [1.29, 1.82) is 0 Å². The van der Waals surface area contributed by atoms with Gasteiger partial charge in [-0.1, -0.05) is 54.0 Å². The van der Waals surface area contributed by atoms with E-state index in [4.69, 9.17) is 10.5 Å². The van der Waals surface area contributed by atoms with Gasteiger partial charge in [-0.3, -0.25) is 14.5 Å². The standard InChI is InChI=1S/C28H28BrN3O4/c1-5-36-25(34)23-24(30)32(17-10-8-9-16(29)13-17)20-14-27(2,3)15-21(33)22(20)28(23)18-11-6-7-12-19(18)31(4)26(28)35/h6-13H,5,14-15,30H2,1-4H3. The fourth-order valence-electron chi connectivity index (χ4n) is 5.89. The molecule has 1 spiro atoms. The highest BCUT2D eigenvalue weighted by Gasteiger charge is 2.64. The number of Topliss-reactive ketones (excluding diaryl/α,β-unsaturated/α-hetero) is 1. The highest BCUT2D eigenvalue weighted by Crippen LogP contribution is 2.58. The van der Waals surface area contributed by atoms with Crippen molar-refractivity contribution in [1.82, 2.24) is 0 Å². The number of rotatable bonds is 3. The predicted octanol–water partition coefficient (Wildman–Crippen LogP) is 4.56. The van der Waals surface area contributed by atoms with Crippen molar-refractivity contribution in [3.8, 4) is 0 Å². The molecule has 0 saturated carbocycles. The van der Waals surface area contributed by atoms with Crippen LogP contribution in [0.2, 0.25) is 0 Å². The van der Waals surface area contributed by atoms with Gasteiger partial charge >= 0.3 is 5.97 Å². The molecular weight excluding hydrogens is 522 g/mol. The van der Waals surface area contributed by atoms with Crippen LogP contribution in [0.3, 0.4) is 0 Å². The second-order valence-electron chi connectivity index (χ2n) is 10.2. The average Bonchev–Trinajstić information content (AvgIpc) is 3.01. The summed E-state index contributed by atoms with van der Waals surface area (Å²) >= 11 is 3.52. The van der Waals surface area contributed by atoms with Gasteiger partial charge in [0, 0.05) is 46.1 Å². The maximum absolute atomic E-state index is 14.3. The number of hydrogen-bond donors (Lipinski definition) is 1. The summed E-state index contributed by atoms with van der Waals surface area (Å²) in [5.74, 6) is -1.18. The van der Waals surface area contributed by atoms with Gasteiger partial charge in [0.25, 0.3) is 0 Å². The summed E-state index contributed by atoms with van der Waals surface area (Å²) in [4.78, 5) is 45.3. The number of fused-ring (bicyclic) bond motifs is 3. The number of esters is 1. The molecule has 7 nitrogen and oxygen atoms in total. The van der Waals surface area contributed by atoms with E-state index in [0.717, 1.165) is 4.47 Å². The van der Waals surface area contributed by atoms with Crippen LogP contribution in [0.1, 0.15) is 39.2 Å². The van der Waals surface area contributed by atoms with Gasteiger partial charge in [0.15, 0.2) is 5.78 Å². The Morgan fingerprint density at radius 1 is 1.11 bits per heavy atom. The zero-order valence-electron chi connectivity index (χ0n) is 20.7. The first-order valence-corrected chi connectivity index (χ1v) is 12.7. The first-order chi connectivity index (χ1) is 17.0. The lowest BCUT2D eigenvalue weighted by atomic mass is 9.60. The molecule has 2 aromatic rings. The topological polar surface area (TPSA) is 92.9 Å². The molecule has 3 aliphatic rings. The van der Waals surface area contributed by atoms with E-state index < -0.39 is 11.4 Å². The first-order valence-electron chi connectivity index (χ1n) is 11.9. The molecule has 5 rings (SSSR count). The number of para-hydroxylation sites is 1. The molecule has 1 aliphatic carbocycles. The fourth-order valence-corrected chi connectivity index (χ4v) is 6.28. The van der Waals surface area contributed by atoms with Crippen molar-refractivity contribution in [3.05, 3.63) is 81.2 Å². The maximum atomic E-state index is 14.3. The van der Waals surface area contributed by atoms with Gasteiger partial charge in [0.1, 0.15) is 16.8 Å². The normalized spacial score (nSPS) is 22.8. The highest BCUT2D eigenvalue weighted by atomic mass is 79.9. The molecule has 0 bridgehead atoms. The van der Waals surface area contributed by atoms with E-state index in [-0.39, 0.29) is 41.5 Å². The third kappa shape index (κ3) is 3.27. The van der Waals surface area contributed by atoms with Crippen molar-refractivity contribution in [2.45, 2.75) is 39.0 Å². The number of carbonyl (C=O) groups excluding carboxylic acids is 3. The number of benzene rings is 2. The molecular formula is C28H28BrN3O4. The van der Waals surface area contributed by atoms with Crippen LogP contribution in [0.5, 0.6) is 0 Å². The van der Waals surface area contributed by atoms with E-state index in [1.54, 1.807) is 24.9 Å². The number of halogens is 1. The SMILES string of the molecule is CCOC(=O)C1=C(N)N(c2cccc(Br)c2)C2=C(C(=O)CC(C)(C)C2)C12C(=O)N(C)c1ccccc12. The number of amides is 1. The van der Waals surface area contributed by atoms with Crippen LogP contribution in [-0.4, -0.2) is 31.3 Å². The molecule has 0 saturated heterocycles. The average molecular weight is 550 g/mol. The lowest BCUT2D eigenvalue weighted by Crippen LogP contribution is -2.55. The predicted molar refractivity (Wildman–Crippen MR) is 141 cm³/mol. The molecule has 1 amide bonds. The van der Waals surface area contributed by atoms with E-state index in [1.807, 2.05) is 56.3 Å². The summed E-state index contributed by atoms with van der Waals surface area (Å²) in [6, 6.07) is 14.8. The van der Waals surface area contributed by atoms with Crippen LogP contribution < -0.4 is 15.5 Å². The number of likely N-dealkylation sites (N-methyl/N-ethyl adjacent to an activating group) is 1. The number of allylic oxidation sites excluding steroid dienone is 1. The minimum Gasteiger partial charge on any atom is -0.462 e. The smallest absolute Gasteiger partial charge is 0.339 e. The van der Waals surface area contributed by atoms with Crippen LogP contribution in [-0.2, 0) is 24.5 Å². The van der Waals surface area contributed by atoms with Crippen molar-refractivity contribution in [2.75, 3.05) is 23.5 Å². The minimum atomic E-state index is -1.67. The Morgan fingerprint density at radius 2 is 1.83 bits per heavy atom. The Balaban J connectivity index is 1.94. The Kier molecular flexibility index (Phi) is 5.63. The molecule has 0 radical (unpaired) electrons. The second-order valence-corrected chi connectivity index (χ2v) is 11.1. The molecule has 0 fully saturated rings. The van der Waals surface area contributed by atoms with Crippen LogP contribution in [0, 0.1) is 5.41 Å². The zero-order chi connectivity index (χ0) is 26.0. The van der Waals surface area contributed by atoms with E-state index in [1.165, 1.54) is 4.90 Å². The van der Waals surface area contributed by atoms with E-state index in [0.29, 0.717) is 34.6 Å². The Labute approximate surface area is 218 Å². The third-order valence-corrected chi connectivity index (χ3v) is 7.70. The van der Waals surface area contributed by atoms with Crippen LogP contribution >= 0.6 is 15.9 Å². The molecule has 8 heteroatoms. The first kappa shape index (κ1) is 24.3.